The molecular formula is C40H40F4NOTi. The van der Waals surface area contributed by atoms with Crippen LogP contribution in [0, 0.1) is 25.7 Å². The number of hydrogen-bond acceptors (Lipinski definition) is 2. The van der Waals surface area contributed by atoms with Crippen LogP contribution in [-0.4, -0.2) is 10.1 Å². The van der Waals surface area contributed by atoms with Crippen molar-refractivity contribution in [2.45, 2.75) is 58.5 Å². The van der Waals surface area contributed by atoms with Gasteiger partial charge in [0.2, 0.25) is 0 Å². The zero-order chi connectivity index (χ0) is 34.3. The molecule has 4 aromatic carbocycles. The number of phenols is 1. The minimum Gasteiger partial charge on any atom is -0.507 e. The Morgan fingerprint density at radius 2 is 1.17 bits per heavy atom. The van der Waals surface area contributed by atoms with E-state index in [1.807, 2.05) is 114 Å². The largest absolute Gasteiger partial charge is 3.00 e. The maximum atomic E-state index is 14.4. The molecule has 0 aliphatic heterocycles. The fourth-order valence-electron chi connectivity index (χ4n) is 4.34. The number of hydrogen-bond donors (Lipinski definition) is 1. The first-order valence-electron chi connectivity index (χ1n) is 14.8. The van der Waals surface area contributed by atoms with E-state index in [1.165, 1.54) is 6.07 Å². The number of aromatic nitrogens is 1. The monoisotopic (exact) mass is 674 g/mol. The number of nitrogens with zero attached hydrogens (tertiary/aromatic N) is 1. The smallest absolute Gasteiger partial charge is 0.507 e. The number of rotatable bonds is 2. The van der Waals surface area contributed by atoms with Gasteiger partial charge in [0.05, 0.1) is 5.69 Å². The maximum absolute atomic E-state index is 14.4. The van der Waals surface area contributed by atoms with Crippen molar-refractivity contribution in [3.63, 3.8) is 0 Å². The van der Waals surface area contributed by atoms with Gasteiger partial charge in [-0.15, -0.1) is 42.5 Å². The predicted octanol–water partition coefficient (Wildman–Crippen LogP) is 11.4. The van der Waals surface area contributed by atoms with Crippen LogP contribution in [0.1, 0.15) is 69.4 Å². The standard InChI is InChI=1S/C26H26F4NO.2C7H7.Ti/c1-24(2,3)16-13-18(23(32)19(14-16)25(4,5)6)22-9-7-8-21(31-22)17-12-15(26(28,29)30)10-11-20(17)27;2*1-7-5-3-2-4-6-7;/h7-11,13-14,32H,1-6H3;2*2-6H,1H2;/q3*-1;+3. The molecule has 1 aromatic heterocycles. The number of halogens is 4. The summed E-state index contributed by atoms with van der Waals surface area (Å²) in [6, 6.07) is 31.7. The van der Waals surface area contributed by atoms with Gasteiger partial charge >= 0.3 is 27.9 Å². The fraction of sp³-hybridized carbons (Fsp3) is 0.225. The topological polar surface area (TPSA) is 33.1 Å². The Kier molecular flexibility index (Phi) is 13.5. The van der Waals surface area contributed by atoms with E-state index in [1.54, 1.807) is 12.1 Å². The molecule has 0 spiro atoms. The first kappa shape index (κ1) is 39.2. The van der Waals surface area contributed by atoms with Crippen LogP contribution in [0.15, 0.2) is 103 Å². The van der Waals surface area contributed by atoms with E-state index >= 15 is 0 Å². The Morgan fingerprint density at radius 1 is 0.660 bits per heavy atom. The molecule has 0 bridgehead atoms. The number of aromatic hydroxyl groups is 1. The molecule has 0 unspecified atom stereocenters. The van der Waals surface area contributed by atoms with Crippen molar-refractivity contribution in [1.29, 1.82) is 0 Å². The summed E-state index contributed by atoms with van der Waals surface area (Å²) >= 11 is 0. The van der Waals surface area contributed by atoms with Gasteiger partial charge in [0.25, 0.3) is 0 Å². The van der Waals surface area contributed by atoms with E-state index in [0.717, 1.165) is 28.3 Å². The number of benzene rings is 4. The summed E-state index contributed by atoms with van der Waals surface area (Å²) in [7, 11) is 0. The minimum absolute atomic E-state index is 0. The summed E-state index contributed by atoms with van der Waals surface area (Å²) in [5, 5.41) is 11.1. The second-order valence-corrected chi connectivity index (χ2v) is 12.9. The second-order valence-electron chi connectivity index (χ2n) is 12.9. The molecule has 243 valence electrons. The van der Waals surface area contributed by atoms with E-state index in [-0.39, 0.29) is 49.6 Å². The quantitative estimate of drug-likeness (QED) is 0.115. The summed E-state index contributed by atoms with van der Waals surface area (Å²) in [6.07, 6.45) is -4.65. The molecule has 0 amide bonds. The third-order valence-electron chi connectivity index (χ3n) is 6.95. The summed E-state index contributed by atoms with van der Waals surface area (Å²) in [4.78, 5) is 4.41. The third-order valence-corrected chi connectivity index (χ3v) is 6.95. The molecule has 1 heterocycles. The van der Waals surface area contributed by atoms with Crippen LogP contribution in [0.5, 0.6) is 5.75 Å². The average molecular weight is 675 g/mol. The van der Waals surface area contributed by atoms with E-state index in [0.29, 0.717) is 17.3 Å². The SMILES string of the molecule is CC(C)(C)c1cc(-c2cccc(-c3[c-]c(C(F)(F)F)ccc3F)n2)c(O)c(C(C)(C)C)c1.[CH2-]c1ccccc1.[CH2-]c1ccccc1.[Ti+3]. The van der Waals surface area contributed by atoms with Gasteiger partial charge in [0.1, 0.15) is 5.75 Å². The molecule has 5 aromatic rings. The van der Waals surface area contributed by atoms with E-state index in [9.17, 15) is 22.7 Å². The minimum atomic E-state index is -4.65. The second kappa shape index (κ2) is 16.2. The van der Waals surface area contributed by atoms with E-state index < -0.39 is 17.6 Å². The fourth-order valence-corrected chi connectivity index (χ4v) is 4.34. The van der Waals surface area contributed by atoms with Crippen molar-refractivity contribution < 1.29 is 44.4 Å². The van der Waals surface area contributed by atoms with Crippen LogP contribution in [0.4, 0.5) is 17.6 Å². The van der Waals surface area contributed by atoms with Crippen molar-refractivity contribution in [2.75, 3.05) is 0 Å². The Balaban J connectivity index is 0.000000419. The molecular weight excluding hydrogens is 634 g/mol. The number of pyridine rings is 1. The normalized spacial score (nSPS) is 11.3. The van der Waals surface area contributed by atoms with Gasteiger partial charge in [-0.1, -0.05) is 77.4 Å². The predicted molar refractivity (Wildman–Crippen MR) is 180 cm³/mol. The number of alkyl halides is 3. The van der Waals surface area contributed by atoms with Gasteiger partial charge in [0, 0.05) is 16.9 Å². The number of phenolic OH excluding ortho intramolecular Hbond substituents is 1. The van der Waals surface area contributed by atoms with Crippen molar-refractivity contribution in [2.24, 2.45) is 0 Å². The Hall–Kier alpha value is -4.00. The summed E-state index contributed by atoms with van der Waals surface area (Å²) < 4.78 is 53.8. The molecule has 7 heteroatoms. The molecule has 0 saturated carbocycles. The van der Waals surface area contributed by atoms with Crippen LogP contribution < -0.4 is 0 Å². The van der Waals surface area contributed by atoms with Gasteiger partial charge < -0.3 is 5.11 Å². The maximum Gasteiger partial charge on any atom is 3.00 e. The van der Waals surface area contributed by atoms with Crippen molar-refractivity contribution >= 4 is 0 Å². The Labute approximate surface area is 291 Å². The van der Waals surface area contributed by atoms with E-state index in [4.69, 9.17) is 0 Å². The van der Waals surface area contributed by atoms with Crippen LogP contribution >= 0.6 is 0 Å². The molecule has 2 nitrogen and oxygen atoms in total. The van der Waals surface area contributed by atoms with Gasteiger partial charge in [-0.2, -0.15) is 62.4 Å². The first-order chi connectivity index (χ1) is 21.4. The van der Waals surface area contributed by atoms with Gasteiger partial charge in [0.15, 0.2) is 0 Å². The molecule has 1 N–H and O–H groups in total. The van der Waals surface area contributed by atoms with Gasteiger partial charge in [-0.25, -0.2) is 0 Å². The summed E-state index contributed by atoms with van der Waals surface area (Å²) in [5.74, 6) is -0.811. The molecule has 47 heavy (non-hydrogen) atoms. The Morgan fingerprint density at radius 3 is 1.60 bits per heavy atom. The van der Waals surface area contributed by atoms with Gasteiger partial charge in [-0.3, -0.25) is 9.37 Å². The van der Waals surface area contributed by atoms with E-state index in [2.05, 4.69) is 24.9 Å². The van der Waals surface area contributed by atoms with Crippen molar-refractivity contribution in [3.05, 3.63) is 157 Å². The third kappa shape index (κ3) is 11.3. The van der Waals surface area contributed by atoms with Crippen molar-refractivity contribution in [1.82, 2.24) is 4.98 Å². The average Bonchev–Trinajstić information content (AvgIpc) is 2.97. The molecule has 5 rings (SSSR count). The molecule has 1 radical (unpaired) electrons. The van der Waals surface area contributed by atoms with Crippen molar-refractivity contribution in [3.8, 4) is 28.3 Å². The zero-order valence-electron chi connectivity index (χ0n) is 27.6. The molecule has 0 atom stereocenters. The van der Waals surface area contributed by atoms with Crippen LogP contribution in [-0.2, 0) is 38.7 Å². The van der Waals surface area contributed by atoms with Crippen LogP contribution in [0.2, 0.25) is 0 Å². The Bertz CT molecular complexity index is 1680. The van der Waals surface area contributed by atoms with Crippen LogP contribution in [0.25, 0.3) is 22.5 Å². The molecule has 0 fully saturated rings. The van der Waals surface area contributed by atoms with Crippen LogP contribution in [0.3, 0.4) is 0 Å². The summed E-state index contributed by atoms with van der Waals surface area (Å²) in [6.45, 7) is 19.5. The molecule has 0 aliphatic rings. The molecule has 0 aliphatic carbocycles. The summed E-state index contributed by atoms with van der Waals surface area (Å²) in [5.41, 5.74) is 2.59. The first-order valence-corrected chi connectivity index (χ1v) is 14.8. The van der Waals surface area contributed by atoms with Gasteiger partial charge in [-0.05, 0) is 39.8 Å². The molecule has 0 saturated heterocycles. The zero-order valence-corrected chi connectivity index (χ0v) is 29.2.